The maximum absolute atomic E-state index is 13.1. The third kappa shape index (κ3) is 6.17. The minimum atomic E-state index is -0.130. The van der Waals surface area contributed by atoms with Crippen LogP contribution in [0.2, 0.25) is 0 Å². The number of carbonyl (C=O) groups excluding carboxylic acids is 1. The van der Waals surface area contributed by atoms with Gasteiger partial charge in [0, 0.05) is 25.1 Å². The monoisotopic (exact) mass is 477 g/mol. The molecular weight excluding hydrogens is 446 g/mol. The summed E-state index contributed by atoms with van der Waals surface area (Å²) in [4.78, 5) is 19.3. The summed E-state index contributed by atoms with van der Waals surface area (Å²) in [5.74, 6) is 2.84. The summed E-state index contributed by atoms with van der Waals surface area (Å²) in [5.41, 5.74) is 6.87. The number of nitrogens with zero attached hydrogens (tertiary/aromatic N) is 4. The van der Waals surface area contributed by atoms with Crippen molar-refractivity contribution in [3.63, 3.8) is 0 Å². The van der Waals surface area contributed by atoms with Crippen LogP contribution in [-0.2, 0) is 0 Å². The van der Waals surface area contributed by atoms with Crippen LogP contribution in [0.1, 0.15) is 55.7 Å². The summed E-state index contributed by atoms with van der Waals surface area (Å²) in [7, 11) is 0. The summed E-state index contributed by atoms with van der Waals surface area (Å²) >= 11 is 0. The minimum absolute atomic E-state index is 0.0952. The van der Waals surface area contributed by atoms with Gasteiger partial charge in [0.05, 0.1) is 24.6 Å². The highest BCUT2D eigenvalue weighted by Crippen LogP contribution is 2.33. The first-order valence-corrected chi connectivity index (χ1v) is 11.9. The Hall–Kier alpha value is -3.88. The molecule has 35 heavy (non-hydrogen) atoms. The highest BCUT2D eigenvalue weighted by molar-refractivity contribution is 5.93. The van der Waals surface area contributed by atoms with Crippen LogP contribution >= 0.6 is 0 Å². The number of nitrogens with two attached hydrogens (primary N) is 1. The van der Waals surface area contributed by atoms with E-state index in [2.05, 4.69) is 15.2 Å². The van der Waals surface area contributed by atoms with E-state index in [1.807, 2.05) is 56.0 Å². The van der Waals surface area contributed by atoms with Gasteiger partial charge in [-0.2, -0.15) is 5.10 Å². The number of piperidine rings is 1. The summed E-state index contributed by atoms with van der Waals surface area (Å²) in [6.45, 7) is 7.50. The third-order valence-corrected chi connectivity index (χ3v) is 5.68. The summed E-state index contributed by atoms with van der Waals surface area (Å²) < 4.78 is 17.4. The topological polar surface area (TPSA) is 113 Å². The Kier molecular flexibility index (Phi) is 7.64. The molecule has 1 aliphatic rings. The number of likely N-dealkylation sites (tertiary alicyclic amines) is 1. The molecule has 3 aromatic rings. The minimum Gasteiger partial charge on any atom is -0.491 e. The van der Waals surface area contributed by atoms with Crippen molar-refractivity contribution < 1.29 is 19.0 Å². The van der Waals surface area contributed by atoms with Crippen LogP contribution in [-0.4, -0.2) is 51.8 Å². The van der Waals surface area contributed by atoms with E-state index in [0.717, 1.165) is 24.3 Å². The zero-order chi connectivity index (χ0) is 24.8. The Bertz CT molecular complexity index is 1130. The third-order valence-electron chi connectivity index (χ3n) is 5.68. The standard InChI is InChI=1S/C26H31N5O4/c1-4-33-23-15-22(28-16-24(23)35-20-7-5-19(6-8-20)34-17(2)3)26(32)31-13-11-18(12-14-31)21-9-10-25(27)30-29-21/h5-10,15-18H,4,11-14H2,1-3H3,(H2,27,30). The van der Waals surface area contributed by atoms with Crippen LogP contribution < -0.4 is 19.9 Å². The largest absolute Gasteiger partial charge is 0.491 e. The highest BCUT2D eigenvalue weighted by Gasteiger charge is 2.27. The Balaban J connectivity index is 1.42. The first-order chi connectivity index (χ1) is 16.9. The average molecular weight is 478 g/mol. The summed E-state index contributed by atoms with van der Waals surface area (Å²) in [6, 6.07) is 12.7. The molecule has 1 saturated heterocycles. The molecule has 4 rings (SSSR count). The second-order valence-electron chi connectivity index (χ2n) is 8.64. The molecule has 1 aliphatic heterocycles. The molecule has 0 spiro atoms. The molecule has 0 bridgehead atoms. The molecule has 2 N–H and O–H groups in total. The lowest BCUT2D eigenvalue weighted by atomic mass is 9.93. The van der Waals surface area contributed by atoms with Gasteiger partial charge in [0.2, 0.25) is 0 Å². The van der Waals surface area contributed by atoms with E-state index >= 15 is 0 Å². The SMILES string of the molecule is CCOc1cc(C(=O)N2CCC(c3ccc(N)nn3)CC2)ncc1Oc1ccc(OC(C)C)cc1. The Morgan fingerprint density at radius 1 is 1.06 bits per heavy atom. The van der Waals surface area contributed by atoms with Crippen molar-refractivity contribution in [1.82, 2.24) is 20.1 Å². The van der Waals surface area contributed by atoms with E-state index in [4.69, 9.17) is 19.9 Å². The molecule has 1 aromatic carbocycles. The molecule has 9 heteroatoms. The molecular formula is C26H31N5O4. The number of rotatable bonds is 8. The molecule has 184 valence electrons. The molecule has 0 atom stereocenters. The van der Waals surface area contributed by atoms with Gasteiger partial charge in [-0.15, -0.1) is 5.10 Å². The molecule has 1 amide bonds. The van der Waals surface area contributed by atoms with Gasteiger partial charge in [0.25, 0.3) is 5.91 Å². The van der Waals surface area contributed by atoms with Gasteiger partial charge >= 0.3 is 0 Å². The quantitative estimate of drug-likeness (QED) is 0.506. The number of amides is 1. The lowest BCUT2D eigenvalue weighted by molar-refractivity contribution is 0.0705. The molecule has 1 fully saturated rings. The Morgan fingerprint density at radius 2 is 1.77 bits per heavy atom. The number of benzene rings is 1. The fourth-order valence-electron chi connectivity index (χ4n) is 3.98. The van der Waals surface area contributed by atoms with Crippen LogP contribution in [0.15, 0.2) is 48.7 Å². The fourth-order valence-corrected chi connectivity index (χ4v) is 3.98. The number of ether oxygens (including phenoxy) is 3. The number of hydrogen-bond acceptors (Lipinski definition) is 8. The summed E-state index contributed by atoms with van der Waals surface area (Å²) in [6.07, 6.45) is 3.24. The van der Waals surface area contributed by atoms with Crippen LogP contribution in [0.4, 0.5) is 5.82 Å². The van der Waals surface area contributed by atoms with Crippen LogP contribution in [0.25, 0.3) is 0 Å². The van der Waals surface area contributed by atoms with Crippen molar-refractivity contribution >= 4 is 11.7 Å². The van der Waals surface area contributed by atoms with E-state index in [-0.39, 0.29) is 17.9 Å². The Morgan fingerprint density at radius 3 is 2.40 bits per heavy atom. The Labute approximate surface area is 205 Å². The molecule has 0 unspecified atom stereocenters. The molecule has 0 saturated carbocycles. The first-order valence-electron chi connectivity index (χ1n) is 11.9. The van der Waals surface area contributed by atoms with E-state index in [0.29, 0.717) is 48.5 Å². The van der Waals surface area contributed by atoms with Gasteiger partial charge in [-0.1, -0.05) is 0 Å². The second kappa shape index (κ2) is 11.0. The number of pyridine rings is 1. The van der Waals surface area contributed by atoms with Crippen molar-refractivity contribution in [1.29, 1.82) is 0 Å². The number of nitrogen functional groups attached to an aromatic ring is 1. The normalized spacial score (nSPS) is 14.1. The maximum Gasteiger partial charge on any atom is 0.272 e. The summed E-state index contributed by atoms with van der Waals surface area (Å²) in [5, 5.41) is 8.14. The van der Waals surface area contributed by atoms with E-state index in [1.54, 1.807) is 12.1 Å². The fraction of sp³-hybridized carbons (Fsp3) is 0.385. The van der Waals surface area contributed by atoms with Crippen molar-refractivity contribution in [3.8, 4) is 23.0 Å². The molecule has 2 aromatic heterocycles. The predicted octanol–water partition coefficient (Wildman–Crippen LogP) is 4.45. The number of hydrogen-bond donors (Lipinski definition) is 1. The van der Waals surface area contributed by atoms with Crippen molar-refractivity contribution in [2.24, 2.45) is 0 Å². The van der Waals surface area contributed by atoms with E-state index < -0.39 is 0 Å². The first kappa shape index (κ1) is 24.3. The van der Waals surface area contributed by atoms with Gasteiger partial charge in [0.15, 0.2) is 11.5 Å². The highest BCUT2D eigenvalue weighted by atomic mass is 16.5. The number of anilines is 1. The number of carbonyl (C=O) groups is 1. The lowest BCUT2D eigenvalue weighted by Crippen LogP contribution is -2.38. The smallest absolute Gasteiger partial charge is 0.272 e. The van der Waals surface area contributed by atoms with Gasteiger partial charge in [-0.25, -0.2) is 4.98 Å². The van der Waals surface area contributed by atoms with E-state index in [1.165, 1.54) is 6.20 Å². The zero-order valence-corrected chi connectivity index (χ0v) is 20.3. The van der Waals surface area contributed by atoms with Crippen LogP contribution in [0, 0.1) is 0 Å². The van der Waals surface area contributed by atoms with Crippen molar-refractivity contribution in [2.45, 2.75) is 45.6 Å². The van der Waals surface area contributed by atoms with Gasteiger partial charge in [-0.3, -0.25) is 4.79 Å². The average Bonchev–Trinajstić information content (AvgIpc) is 2.86. The van der Waals surface area contributed by atoms with Crippen molar-refractivity contribution in [2.75, 3.05) is 25.4 Å². The zero-order valence-electron chi connectivity index (χ0n) is 20.3. The molecule has 9 nitrogen and oxygen atoms in total. The van der Waals surface area contributed by atoms with Crippen LogP contribution in [0.3, 0.4) is 0 Å². The van der Waals surface area contributed by atoms with Gasteiger partial charge in [0.1, 0.15) is 23.0 Å². The molecule has 0 aliphatic carbocycles. The molecule has 3 heterocycles. The van der Waals surface area contributed by atoms with E-state index in [9.17, 15) is 4.79 Å². The lowest BCUT2D eigenvalue weighted by Gasteiger charge is -2.31. The van der Waals surface area contributed by atoms with Crippen molar-refractivity contribution in [3.05, 3.63) is 60.0 Å². The van der Waals surface area contributed by atoms with Gasteiger partial charge in [-0.05, 0) is 70.0 Å². The van der Waals surface area contributed by atoms with Crippen LogP contribution in [0.5, 0.6) is 23.0 Å². The second-order valence-corrected chi connectivity index (χ2v) is 8.64. The number of aromatic nitrogens is 3. The molecule has 0 radical (unpaired) electrons. The predicted molar refractivity (Wildman–Crippen MR) is 132 cm³/mol. The maximum atomic E-state index is 13.1. The van der Waals surface area contributed by atoms with Gasteiger partial charge < -0.3 is 24.8 Å².